The Morgan fingerprint density at radius 2 is 2.14 bits per heavy atom. The molecule has 2 heteroatoms. The molecule has 0 spiro atoms. The molecule has 0 aliphatic carbocycles. The van der Waals surface area contributed by atoms with Gasteiger partial charge in [0.2, 0.25) is 0 Å². The zero-order chi connectivity index (χ0) is 10.6. The van der Waals surface area contributed by atoms with Gasteiger partial charge in [0.15, 0.2) is 0 Å². The molecule has 1 nitrogen and oxygen atoms in total. The Labute approximate surface area is 94.8 Å². The lowest BCUT2D eigenvalue weighted by molar-refractivity contribution is 0.517. The Morgan fingerprint density at radius 1 is 1.43 bits per heavy atom. The zero-order valence-corrected chi connectivity index (χ0v) is 10.5. The first-order valence-electron chi connectivity index (χ1n) is 5.12. The van der Waals surface area contributed by atoms with Crippen molar-refractivity contribution in [1.82, 2.24) is 0 Å². The lowest BCUT2D eigenvalue weighted by atomic mass is 9.94. The molecule has 0 amide bonds. The fraction of sp³-hybridized carbons (Fsp3) is 0.500. The Balaban J connectivity index is 2.79. The van der Waals surface area contributed by atoms with Gasteiger partial charge in [-0.25, -0.2) is 0 Å². The number of aryl methyl sites for hydroxylation is 1. The van der Waals surface area contributed by atoms with Crippen molar-refractivity contribution in [3.05, 3.63) is 33.8 Å². The van der Waals surface area contributed by atoms with Crippen LogP contribution in [0.3, 0.4) is 0 Å². The van der Waals surface area contributed by atoms with Gasteiger partial charge >= 0.3 is 0 Å². The van der Waals surface area contributed by atoms with Gasteiger partial charge < -0.3 is 5.73 Å². The van der Waals surface area contributed by atoms with Crippen LogP contribution in [0.15, 0.2) is 22.7 Å². The van der Waals surface area contributed by atoms with Crippen LogP contribution in [-0.2, 0) is 6.42 Å². The molecular weight excluding hydrogens is 238 g/mol. The summed E-state index contributed by atoms with van der Waals surface area (Å²) in [4.78, 5) is 0. The van der Waals surface area contributed by atoms with E-state index < -0.39 is 0 Å². The summed E-state index contributed by atoms with van der Waals surface area (Å²) in [6.45, 7) is 5.14. The average molecular weight is 256 g/mol. The van der Waals surface area contributed by atoms with Gasteiger partial charge in [-0.05, 0) is 49.1 Å². The second-order valence-corrected chi connectivity index (χ2v) is 4.70. The molecule has 0 fully saturated rings. The number of rotatable bonds is 4. The molecule has 0 radical (unpaired) electrons. The molecule has 1 atom stereocenters. The van der Waals surface area contributed by atoms with Crippen molar-refractivity contribution in [1.29, 1.82) is 0 Å². The maximum Gasteiger partial charge on any atom is 0.0178 e. The van der Waals surface area contributed by atoms with Crippen molar-refractivity contribution in [2.75, 3.05) is 6.54 Å². The van der Waals surface area contributed by atoms with Crippen molar-refractivity contribution < 1.29 is 0 Å². The van der Waals surface area contributed by atoms with Crippen LogP contribution >= 0.6 is 15.9 Å². The lowest BCUT2D eigenvalue weighted by Gasteiger charge is -2.14. The molecule has 1 rings (SSSR count). The summed E-state index contributed by atoms with van der Waals surface area (Å²) in [6, 6.07) is 6.44. The molecule has 0 saturated carbocycles. The molecule has 78 valence electrons. The molecule has 0 saturated heterocycles. The third-order valence-electron chi connectivity index (χ3n) is 2.73. The summed E-state index contributed by atoms with van der Waals surface area (Å²) in [7, 11) is 0. The van der Waals surface area contributed by atoms with Crippen LogP contribution in [0.25, 0.3) is 0 Å². The lowest BCUT2D eigenvalue weighted by Crippen LogP contribution is -2.16. The normalized spacial score (nSPS) is 12.9. The summed E-state index contributed by atoms with van der Waals surface area (Å²) in [5, 5.41) is 0. The summed E-state index contributed by atoms with van der Waals surface area (Å²) in [6.07, 6.45) is 2.25. The van der Waals surface area contributed by atoms with Crippen LogP contribution in [0.2, 0.25) is 0 Å². The predicted molar refractivity (Wildman–Crippen MR) is 65.4 cm³/mol. The molecule has 1 unspecified atom stereocenters. The molecule has 14 heavy (non-hydrogen) atoms. The first-order chi connectivity index (χ1) is 6.67. The van der Waals surface area contributed by atoms with Gasteiger partial charge in [-0.15, -0.1) is 0 Å². The van der Waals surface area contributed by atoms with Crippen molar-refractivity contribution >= 4 is 15.9 Å². The van der Waals surface area contributed by atoms with E-state index in [4.69, 9.17) is 5.73 Å². The number of hydrogen-bond donors (Lipinski definition) is 1. The fourth-order valence-corrected chi connectivity index (χ4v) is 1.97. The van der Waals surface area contributed by atoms with E-state index in [2.05, 4.69) is 48.0 Å². The summed E-state index contributed by atoms with van der Waals surface area (Å²) in [5.41, 5.74) is 8.48. The van der Waals surface area contributed by atoms with Gasteiger partial charge in [-0.3, -0.25) is 0 Å². The van der Waals surface area contributed by atoms with Crippen LogP contribution in [0, 0.1) is 12.8 Å². The van der Waals surface area contributed by atoms with Crippen LogP contribution in [-0.4, -0.2) is 6.54 Å². The highest BCUT2D eigenvalue weighted by Crippen LogP contribution is 2.19. The van der Waals surface area contributed by atoms with E-state index in [-0.39, 0.29) is 0 Å². The maximum atomic E-state index is 5.71. The monoisotopic (exact) mass is 255 g/mol. The van der Waals surface area contributed by atoms with Crippen LogP contribution in [0.1, 0.15) is 24.5 Å². The molecule has 1 aromatic carbocycles. The Bertz CT molecular complexity index is 292. The second-order valence-electron chi connectivity index (χ2n) is 3.78. The van der Waals surface area contributed by atoms with Crippen molar-refractivity contribution in [3.63, 3.8) is 0 Å². The third kappa shape index (κ3) is 3.10. The molecule has 0 aliphatic heterocycles. The molecular formula is C12H18BrN. The van der Waals surface area contributed by atoms with Crippen LogP contribution < -0.4 is 5.73 Å². The molecule has 0 aliphatic rings. The fourth-order valence-electron chi connectivity index (χ4n) is 1.57. The van der Waals surface area contributed by atoms with E-state index in [1.54, 1.807) is 0 Å². The highest BCUT2D eigenvalue weighted by atomic mass is 79.9. The first kappa shape index (κ1) is 11.7. The quantitative estimate of drug-likeness (QED) is 0.878. The predicted octanol–water partition coefficient (Wildman–Crippen LogP) is 3.28. The van der Waals surface area contributed by atoms with Gasteiger partial charge in [0.05, 0.1) is 0 Å². The molecule has 1 aromatic rings. The number of nitrogens with two attached hydrogens (primary N) is 1. The van der Waals surface area contributed by atoms with Crippen molar-refractivity contribution in [2.45, 2.75) is 26.7 Å². The minimum absolute atomic E-state index is 0.614. The average Bonchev–Trinajstić information content (AvgIpc) is 2.19. The third-order valence-corrected chi connectivity index (χ3v) is 3.22. The van der Waals surface area contributed by atoms with Crippen LogP contribution in [0.4, 0.5) is 0 Å². The molecule has 0 bridgehead atoms. The van der Waals surface area contributed by atoms with E-state index in [9.17, 15) is 0 Å². The topological polar surface area (TPSA) is 26.0 Å². The van der Waals surface area contributed by atoms with Gasteiger partial charge in [-0.1, -0.05) is 35.3 Å². The number of benzene rings is 1. The van der Waals surface area contributed by atoms with E-state index in [0.29, 0.717) is 5.92 Å². The highest BCUT2D eigenvalue weighted by molar-refractivity contribution is 9.10. The van der Waals surface area contributed by atoms with E-state index in [0.717, 1.165) is 23.9 Å². The number of halogens is 1. The van der Waals surface area contributed by atoms with Gasteiger partial charge in [0.1, 0.15) is 0 Å². The number of hydrogen-bond acceptors (Lipinski definition) is 1. The van der Waals surface area contributed by atoms with Gasteiger partial charge in [-0.2, -0.15) is 0 Å². The van der Waals surface area contributed by atoms with E-state index >= 15 is 0 Å². The highest BCUT2D eigenvalue weighted by Gasteiger charge is 2.07. The Morgan fingerprint density at radius 3 is 2.71 bits per heavy atom. The Kier molecular flexibility index (Phi) is 4.63. The molecule has 0 aromatic heterocycles. The Hall–Kier alpha value is -0.340. The van der Waals surface area contributed by atoms with E-state index in [1.807, 2.05) is 0 Å². The van der Waals surface area contributed by atoms with E-state index in [1.165, 1.54) is 11.1 Å². The molecule has 2 N–H and O–H groups in total. The van der Waals surface area contributed by atoms with Gasteiger partial charge in [0.25, 0.3) is 0 Å². The van der Waals surface area contributed by atoms with Crippen LogP contribution in [0.5, 0.6) is 0 Å². The minimum Gasteiger partial charge on any atom is -0.330 e. The first-order valence-corrected chi connectivity index (χ1v) is 5.91. The SMILES string of the molecule is CCC(CN)Cc1cc(Br)ccc1C. The summed E-state index contributed by atoms with van der Waals surface area (Å²) < 4.78 is 1.16. The zero-order valence-electron chi connectivity index (χ0n) is 8.89. The minimum atomic E-state index is 0.614. The van der Waals surface area contributed by atoms with Crippen molar-refractivity contribution in [2.24, 2.45) is 11.7 Å². The van der Waals surface area contributed by atoms with Crippen molar-refractivity contribution in [3.8, 4) is 0 Å². The molecule has 0 heterocycles. The summed E-state index contributed by atoms with van der Waals surface area (Å²) >= 11 is 3.50. The second kappa shape index (κ2) is 5.52. The summed E-state index contributed by atoms with van der Waals surface area (Å²) in [5.74, 6) is 0.614. The largest absolute Gasteiger partial charge is 0.330 e. The van der Waals surface area contributed by atoms with Gasteiger partial charge in [0, 0.05) is 4.47 Å². The standard InChI is InChI=1S/C12H18BrN/c1-3-10(8-14)6-11-7-12(13)5-4-9(11)2/h4-5,7,10H,3,6,8,14H2,1-2H3. The smallest absolute Gasteiger partial charge is 0.0178 e. The maximum absolute atomic E-state index is 5.71.